The van der Waals surface area contributed by atoms with Crippen LogP contribution >= 0.6 is 0 Å². The number of hydrogen-bond acceptors (Lipinski definition) is 3. The van der Waals surface area contributed by atoms with Crippen molar-refractivity contribution in [2.24, 2.45) is 16.7 Å². The van der Waals surface area contributed by atoms with E-state index in [2.05, 4.69) is 6.58 Å². The van der Waals surface area contributed by atoms with Gasteiger partial charge in [-0.05, 0) is 30.8 Å². The van der Waals surface area contributed by atoms with Gasteiger partial charge in [0.2, 0.25) is 0 Å². The minimum absolute atomic E-state index is 0.0707. The molecule has 4 nitrogen and oxygen atoms in total. The molecule has 22 heavy (non-hydrogen) atoms. The second-order valence-electron chi connectivity index (χ2n) is 6.37. The smallest absolute Gasteiger partial charge is 0.303 e. The third-order valence-corrected chi connectivity index (χ3v) is 5.70. The SMILES string of the molecule is C=CCC1=CC(=O)C(C)(C(CC)(CC)CC(=O)O)C(C)C1=O. The number of carbonyl (C=O) groups excluding carboxylic acids is 2. The number of carbonyl (C=O) groups is 3. The van der Waals surface area contributed by atoms with Gasteiger partial charge in [-0.25, -0.2) is 0 Å². The first-order valence-corrected chi connectivity index (χ1v) is 7.82. The van der Waals surface area contributed by atoms with E-state index in [0.717, 1.165) is 0 Å². The topological polar surface area (TPSA) is 71.4 Å². The normalized spacial score (nSPS) is 25.8. The van der Waals surface area contributed by atoms with Crippen LogP contribution in [-0.2, 0) is 14.4 Å². The van der Waals surface area contributed by atoms with Crippen LogP contribution in [0.5, 0.6) is 0 Å². The molecule has 1 aliphatic rings. The molecule has 0 aromatic heterocycles. The van der Waals surface area contributed by atoms with Gasteiger partial charge < -0.3 is 5.11 Å². The van der Waals surface area contributed by atoms with Crippen LogP contribution in [0.25, 0.3) is 0 Å². The third-order valence-electron chi connectivity index (χ3n) is 5.70. The third kappa shape index (κ3) is 2.67. The quantitative estimate of drug-likeness (QED) is 0.730. The summed E-state index contributed by atoms with van der Waals surface area (Å²) < 4.78 is 0. The molecule has 0 saturated heterocycles. The van der Waals surface area contributed by atoms with E-state index in [1.807, 2.05) is 13.8 Å². The van der Waals surface area contributed by atoms with Crippen molar-refractivity contribution in [3.05, 3.63) is 24.3 Å². The van der Waals surface area contributed by atoms with Crippen molar-refractivity contribution in [2.75, 3.05) is 0 Å². The molecule has 1 rings (SSSR count). The van der Waals surface area contributed by atoms with Crippen LogP contribution in [0.4, 0.5) is 0 Å². The molecular weight excluding hydrogens is 280 g/mol. The molecule has 0 heterocycles. The molecule has 0 saturated carbocycles. The molecule has 2 unspecified atom stereocenters. The Balaban J connectivity index is 3.47. The predicted octanol–water partition coefficient (Wildman–Crippen LogP) is 3.56. The van der Waals surface area contributed by atoms with Crippen LogP contribution in [0.1, 0.15) is 53.4 Å². The zero-order valence-corrected chi connectivity index (χ0v) is 13.9. The molecule has 0 aromatic rings. The summed E-state index contributed by atoms with van der Waals surface area (Å²) in [6.07, 6.45) is 4.36. The lowest BCUT2D eigenvalue weighted by molar-refractivity contribution is -0.154. The van der Waals surface area contributed by atoms with Crippen molar-refractivity contribution in [3.63, 3.8) is 0 Å². The van der Waals surface area contributed by atoms with E-state index < -0.39 is 22.7 Å². The van der Waals surface area contributed by atoms with Crippen molar-refractivity contribution in [1.82, 2.24) is 0 Å². The van der Waals surface area contributed by atoms with E-state index >= 15 is 0 Å². The van der Waals surface area contributed by atoms with Gasteiger partial charge >= 0.3 is 5.97 Å². The van der Waals surface area contributed by atoms with E-state index in [0.29, 0.717) is 24.8 Å². The summed E-state index contributed by atoms with van der Waals surface area (Å²) in [5, 5.41) is 9.31. The zero-order valence-electron chi connectivity index (χ0n) is 13.9. The van der Waals surface area contributed by atoms with Gasteiger partial charge in [0.15, 0.2) is 11.6 Å². The Kier molecular flexibility index (Phi) is 5.49. The Morgan fingerprint density at radius 2 is 1.95 bits per heavy atom. The fraction of sp³-hybridized carbons (Fsp3) is 0.611. The fourth-order valence-corrected chi connectivity index (χ4v) is 3.88. The number of hydrogen-bond donors (Lipinski definition) is 1. The number of carboxylic acids is 1. The average Bonchev–Trinajstić information content (AvgIpc) is 2.48. The first kappa shape index (κ1) is 18.3. The lowest BCUT2D eigenvalue weighted by Crippen LogP contribution is -2.54. The number of rotatable bonds is 7. The van der Waals surface area contributed by atoms with Gasteiger partial charge in [0.25, 0.3) is 0 Å². The molecule has 122 valence electrons. The maximum absolute atomic E-state index is 12.8. The van der Waals surface area contributed by atoms with E-state index in [1.165, 1.54) is 6.08 Å². The summed E-state index contributed by atoms with van der Waals surface area (Å²) in [4.78, 5) is 36.8. The summed E-state index contributed by atoms with van der Waals surface area (Å²) in [5.41, 5.74) is -1.24. The standard InChI is InChI=1S/C18H26O4/c1-6-9-13-10-14(19)17(5,12(4)16(13)22)18(7-2,8-3)11-15(20)21/h6,10,12H,1,7-9,11H2,2-5H3,(H,20,21). The monoisotopic (exact) mass is 306 g/mol. The van der Waals surface area contributed by atoms with Crippen LogP contribution in [0.3, 0.4) is 0 Å². The summed E-state index contributed by atoms with van der Waals surface area (Å²) in [5.74, 6) is -1.67. The van der Waals surface area contributed by atoms with Crippen LogP contribution in [0, 0.1) is 16.7 Å². The second-order valence-corrected chi connectivity index (χ2v) is 6.37. The molecule has 0 spiro atoms. The second kappa shape index (κ2) is 6.59. The largest absolute Gasteiger partial charge is 0.481 e. The van der Waals surface area contributed by atoms with Crippen molar-refractivity contribution in [1.29, 1.82) is 0 Å². The Bertz CT molecular complexity index is 525. The molecule has 0 fully saturated rings. The molecule has 1 aliphatic carbocycles. The highest BCUT2D eigenvalue weighted by Crippen LogP contribution is 2.55. The highest BCUT2D eigenvalue weighted by atomic mass is 16.4. The van der Waals surface area contributed by atoms with Crippen LogP contribution in [0.2, 0.25) is 0 Å². The van der Waals surface area contributed by atoms with Crippen molar-refractivity contribution < 1.29 is 19.5 Å². The Morgan fingerprint density at radius 1 is 1.41 bits per heavy atom. The highest BCUT2D eigenvalue weighted by Gasteiger charge is 2.57. The number of Topliss-reactive ketones (excluding diaryl/α,β-unsaturated/α-hetero) is 1. The van der Waals surface area contributed by atoms with Gasteiger partial charge in [0.05, 0.1) is 6.42 Å². The van der Waals surface area contributed by atoms with Gasteiger partial charge in [-0.15, -0.1) is 6.58 Å². The van der Waals surface area contributed by atoms with Crippen molar-refractivity contribution in [3.8, 4) is 0 Å². The average molecular weight is 306 g/mol. The summed E-state index contributed by atoms with van der Waals surface area (Å²) in [7, 11) is 0. The molecule has 1 N–H and O–H groups in total. The van der Waals surface area contributed by atoms with Crippen LogP contribution in [-0.4, -0.2) is 22.6 Å². The predicted molar refractivity (Wildman–Crippen MR) is 85.4 cm³/mol. The van der Waals surface area contributed by atoms with Gasteiger partial charge in [0.1, 0.15) is 0 Å². The first-order valence-electron chi connectivity index (χ1n) is 7.82. The van der Waals surface area contributed by atoms with Crippen LogP contribution in [0.15, 0.2) is 24.3 Å². The fourth-order valence-electron chi connectivity index (χ4n) is 3.88. The lowest BCUT2D eigenvalue weighted by Gasteiger charge is -2.50. The molecule has 2 atom stereocenters. The minimum atomic E-state index is -0.989. The first-order chi connectivity index (χ1) is 10.2. The number of carboxylic acid groups (broad SMARTS) is 1. The van der Waals surface area contributed by atoms with Gasteiger partial charge in [-0.3, -0.25) is 14.4 Å². The molecule has 0 bridgehead atoms. The summed E-state index contributed by atoms with van der Waals surface area (Å²) in [6.45, 7) is 10.9. The maximum atomic E-state index is 12.8. The van der Waals surface area contributed by atoms with Crippen molar-refractivity contribution >= 4 is 17.5 Å². The number of aliphatic carboxylic acids is 1. The van der Waals surface area contributed by atoms with E-state index in [9.17, 15) is 19.5 Å². The molecule has 0 aromatic carbocycles. The molecule has 4 heteroatoms. The zero-order chi connectivity index (χ0) is 17.1. The number of allylic oxidation sites excluding steroid dienone is 3. The highest BCUT2D eigenvalue weighted by molar-refractivity contribution is 6.12. The summed E-state index contributed by atoms with van der Waals surface area (Å²) >= 11 is 0. The van der Waals surface area contributed by atoms with Gasteiger partial charge in [-0.2, -0.15) is 0 Å². The van der Waals surface area contributed by atoms with Crippen LogP contribution < -0.4 is 0 Å². The van der Waals surface area contributed by atoms with Gasteiger partial charge in [-0.1, -0.05) is 33.8 Å². The number of ketones is 2. The molecule has 0 radical (unpaired) electrons. The van der Waals surface area contributed by atoms with E-state index in [1.54, 1.807) is 19.9 Å². The van der Waals surface area contributed by atoms with Gasteiger partial charge in [0, 0.05) is 16.9 Å². The summed E-state index contributed by atoms with van der Waals surface area (Å²) in [6, 6.07) is 0. The Labute approximate surface area is 132 Å². The molecule has 0 aliphatic heterocycles. The van der Waals surface area contributed by atoms with Crippen molar-refractivity contribution in [2.45, 2.75) is 53.4 Å². The van der Waals surface area contributed by atoms with E-state index in [-0.39, 0.29) is 18.0 Å². The minimum Gasteiger partial charge on any atom is -0.481 e. The lowest BCUT2D eigenvalue weighted by atomic mass is 9.50. The maximum Gasteiger partial charge on any atom is 0.303 e. The molecular formula is C18H26O4. The Morgan fingerprint density at radius 3 is 2.36 bits per heavy atom. The molecule has 0 amide bonds. The van der Waals surface area contributed by atoms with E-state index in [4.69, 9.17) is 0 Å². The Hall–Kier alpha value is -1.71.